The first-order valence-electron chi connectivity index (χ1n) is 6.98. The molecule has 2 aromatic rings. The summed E-state index contributed by atoms with van der Waals surface area (Å²) in [6.07, 6.45) is 1.14. The number of H-pyrrole nitrogens is 1. The molecule has 6 heteroatoms. The van der Waals surface area contributed by atoms with Gasteiger partial charge in [-0.3, -0.25) is 9.59 Å². The molecule has 1 aliphatic heterocycles. The molecule has 1 saturated heterocycles. The Morgan fingerprint density at radius 2 is 1.95 bits per heavy atom. The van der Waals surface area contributed by atoms with E-state index in [-0.39, 0.29) is 29.9 Å². The van der Waals surface area contributed by atoms with Gasteiger partial charge in [-0.2, -0.15) is 0 Å². The fraction of sp³-hybridized carbons (Fsp3) is 0.250. The van der Waals surface area contributed by atoms with Crippen LogP contribution in [0.25, 0.3) is 0 Å². The summed E-state index contributed by atoms with van der Waals surface area (Å²) in [5.41, 5.74) is 0.838. The number of hydrogen-bond acceptors (Lipinski definition) is 3. The Balaban J connectivity index is 1.90. The molecule has 0 saturated carbocycles. The van der Waals surface area contributed by atoms with E-state index in [1.165, 1.54) is 30.5 Å². The molecule has 3 rings (SSSR count). The highest BCUT2D eigenvalue weighted by Gasteiger charge is 2.35. The predicted molar refractivity (Wildman–Crippen MR) is 77.9 cm³/mol. The number of aliphatic hydroxyl groups is 1. The number of carbonyl (C=O) groups excluding carboxylic acids is 1. The van der Waals surface area contributed by atoms with Gasteiger partial charge in [0.2, 0.25) is 5.56 Å². The van der Waals surface area contributed by atoms with Gasteiger partial charge < -0.3 is 15.0 Å². The Bertz CT molecular complexity index is 721. The number of pyridine rings is 1. The number of aromatic nitrogens is 1. The van der Waals surface area contributed by atoms with Gasteiger partial charge in [0.05, 0.1) is 17.7 Å². The van der Waals surface area contributed by atoms with Crippen molar-refractivity contribution in [3.8, 4) is 0 Å². The van der Waals surface area contributed by atoms with Crippen LogP contribution < -0.4 is 5.56 Å². The van der Waals surface area contributed by atoms with E-state index < -0.39 is 6.10 Å². The van der Waals surface area contributed by atoms with Gasteiger partial charge in [0, 0.05) is 18.8 Å². The van der Waals surface area contributed by atoms with Crippen molar-refractivity contribution in [3.05, 3.63) is 69.9 Å². The molecule has 0 radical (unpaired) electrons. The summed E-state index contributed by atoms with van der Waals surface area (Å²) < 4.78 is 13.0. The molecule has 0 unspecified atom stereocenters. The first-order chi connectivity index (χ1) is 10.5. The highest BCUT2D eigenvalue weighted by Crippen LogP contribution is 2.33. The number of amides is 1. The van der Waals surface area contributed by atoms with Gasteiger partial charge in [0.15, 0.2) is 0 Å². The minimum atomic E-state index is -0.623. The second-order valence-corrected chi connectivity index (χ2v) is 5.36. The fourth-order valence-electron chi connectivity index (χ4n) is 2.75. The van der Waals surface area contributed by atoms with Gasteiger partial charge in [-0.25, -0.2) is 4.39 Å². The van der Waals surface area contributed by atoms with Crippen LogP contribution in [0, 0.1) is 5.82 Å². The van der Waals surface area contributed by atoms with E-state index >= 15 is 0 Å². The number of aromatic amines is 1. The molecule has 114 valence electrons. The van der Waals surface area contributed by atoms with Crippen molar-refractivity contribution in [3.63, 3.8) is 0 Å². The number of nitrogens with one attached hydrogen (secondary N) is 1. The Kier molecular flexibility index (Phi) is 3.77. The molecule has 1 aromatic carbocycles. The van der Waals surface area contributed by atoms with E-state index in [1.807, 2.05) is 0 Å². The molecule has 1 aromatic heterocycles. The lowest BCUT2D eigenvalue weighted by atomic mass is 10.0. The summed E-state index contributed by atoms with van der Waals surface area (Å²) in [5.74, 6) is -0.622. The topological polar surface area (TPSA) is 73.4 Å². The molecule has 0 aliphatic carbocycles. The quantitative estimate of drug-likeness (QED) is 0.882. The molecule has 0 bridgehead atoms. The second kappa shape index (κ2) is 5.73. The van der Waals surface area contributed by atoms with Gasteiger partial charge in [-0.1, -0.05) is 12.1 Å². The number of hydrogen-bond donors (Lipinski definition) is 2. The highest BCUT2D eigenvalue weighted by molar-refractivity contribution is 5.94. The standard InChI is InChI=1S/C16H15FN2O3/c17-12-4-1-10(2-5-12)14-7-13(20)9-19(14)16(22)11-3-6-15(21)18-8-11/h1-6,8,13-14,20H,7,9H2,(H,18,21)/t13-,14+/m1/s1. The van der Waals surface area contributed by atoms with Crippen molar-refractivity contribution < 1.29 is 14.3 Å². The van der Waals surface area contributed by atoms with Crippen LogP contribution in [-0.4, -0.2) is 33.5 Å². The molecule has 1 fully saturated rings. The van der Waals surface area contributed by atoms with Crippen LogP contribution in [0.4, 0.5) is 4.39 Å². The van der Waals surface area contributed by atoms with Crippen molar-refractivity contribution in [1.29, 1.82) is 0 Å². The van der Waals surface area contributed by atoms with Crippen LogP contribution in [0.2, 0.25) is 0 Å². The lowest BCUT2D eigenvalue weighted by molar-refractivity contribution is 0.0715. The lowest BCUT2D eigenvalue weighted by Crippen LogP contribution is -2.32. The summed E-state index contributed by atoms with van der Waals surface area (Å²) in [7, 11) is 0. The zero-order chi connectivity index (χ0) is 15.7. The summed E-state index contributed by atoms with van der Waals surface area (Å²) in [5, 5.41) is 9.90. The van der Waals surface area contributed by atoms with E-state index in [0.717, 1.165) is 5.56 Å². The zero-order valence-electron chi connectivity index (χ0n) is 11.7. The average Bonchev–Trinajstić information content (AvgIpc) is 2.90. The Morgan fingerprint density at radius 1 is 1.23 bits per heavy atom. The first-order valence-corrected chi connectivity index (χ1v) is 6.98. The van der Waals surface area contributed by atoms with Crippen molar-refractivity contribution in [2.24, 2.45) is 0 Å². The third-order valence-corrected chi connectivity index (χ3v) is 3.83. The van der Waals surface area contributed by atoms with Gasteiger partial charge in [-0.15, -0.1) is 0 Å². The number of benzene rings is 1. The second-order valence-electron chi connectivity index (χ2n) is 5.36. The molecule has 1 amide bonds. The van der Waals surface area contributed by atoms with E-state index in [9.17, 15) is 19.1 Å². The predicted octanol–water partition coefficient (Wildman–Crippen LogP) is 1.46. The van der Waals surface area contributed by atoms with E-state index in [2.05, 4.69) is 4.98 Å². The van der Waals surface area contributed by atoms with E-state index in [1.54, 1.807) is 17.0 Å². The monoisotopic (exact) mass is 302 g/mol. The van der Waals surface area contributed by atoms with Crippen LogP contribution in [0.1, 0.15) is 28.4 Å². The zero-order valence-corrected chi connectivity index (χ0v) is 11.7. The third kappa shape index (κ3) is 2.78. The normalized spacial score (nSPS) is 21.1. The summed E-state index contributed by atoms with van der Waals surface area (Å²) >= 11 is 0. The third-order valence-electron chi connectivity index (χ3n) is 3.83. The SMILES string of the molecule is O=C(c1ccc(=O)[nH]c1)N1C[C@H](O)C[C@H]1c1ccc(F)cc1. The fourth-order valence-corrected chi connectivity index (χ4v) is 2.75. The number of halogens is 1. The van der Waals surface area contributed by atoms with Gasteiger partial charge in [-0.05, 0) is 30.2 Å². The number of β-amino-alcohol motifs (C(OH)–C–C–N with tert-alkyl or cyclic N) is 1. The molecule has 2 N–H and O–H groups in total. The van der Waals surface area contributed by atoms with Crippen LogP contribution >= 0.6 is 0 Å². The lowest BCUT2D eigenvalue weighted by Gasteiger charge is -2.24. The minimum absolute atomic E-state index is 0.208. The first kappa shape index (κ1) is 14.5. The van der Waals surface area contributed by atoms with Crippen molar-refractivity contribution >= 4 is 5.91 Å². The highest BCUT2D eigenvalue weighted by atomic mass is 19.1. The number of carbonyl (C=O) groups is 1. The molecule has 2 heterocycles. The minimum Gasteiger partial charge on any atom is -0.391 e. The maximum absolute atomic E-state index is 13.0. The van der Waals surface area contributed by atoms with Gasteiger partial charge in [0.25, 0.3) is 5.91 Å². The molecule has 5 nitrogen and oxygen atoms in total. The van der Waals surface area contributed by atoms with E-state index in [0.29, 0.717) is 12.0 Å². The smallest absolute Gasteiger partial charge is 0.255 e. The molecule has 2 atom stereocenters. The Hall–Kier alpha value is -2.47. The van der Waals surface area contributed by atoms with Crippen molar-refractivity contribution in [1.82, 2.24) is 9.88 Å². The number of likely N-dealkylation sites (tertiary alicyclic amines) is 1. The molecule has 22 heavy (non-hydrogen) atoms. The summed E-state index contributed by atoms with van der Waals surface area (Å²) in [4.78, 5) is 27.7. The Labute approximate surface area is 126 Å². The van der Waals surface area contributed by atoms with E-state index in [4.69, 9.17) is 0 Å². The number of nitrogens with zero attached hydrogens (tertiary/aromatic N) is 1. The Morgan fingerprint density at radius 3 is 2.59 bits per heavy atom. The van der Waals surface area contributed by atoms with Crippen LogP contribution in [0.15, 0.2) is 47.4 Å². The number of aliphatic hydroxyl groups excluding tert-OH is 1. The largest absolute Gasteiger partial charge is 0.391 e. The van der Waals surface area contributed by atoms with Crippen LogP contribution in [-0.2, 0) is 0 Å². The maximum atomic E-state index is 13.0. The molecular weight excluding hydrogens is 287 g/mol. The molecular formula is C16H15FN2O3. The summed E-state index contributed by atoms with van der Waals surface area (Å²) in [6.45, 7) is 0.208. The van der Waals surface area contributed by atoms with Crippen LogP contribution in [0.5, 0.6) is 0 Å². The molecule has 0 spiro atoms. The van der Waals surface area contributed by atoms with Gasteiger partial charge in [0.1, 0.15) is 5.82 Å². The number of rotatable bonds is 2. The summed E-state index contributed by atoms with van der Waals surface area (Å²) in [6, 6.07) is 8.33. The van der Waals surface area contributed by atoms with Crippen LogP contribution in [0.3, 0.4) is 0 Å². The van der Waals surface area contributed by atoms with Crippen molar-refractivity contribution in [2.75, 3.05) is 6.54 Å². The maximum Gasteiger partial charge on any atom is 0.255 e. The average molecular weight is 302 g/mol. The van der Waals surface area contributed by atoms with Gasteiger partial charge >= 0.3 is 0 Å². The molecule has 1 aliphatic rings. The van der Waals surface area contributed by atoms with Crippen molar-refractivity contribution in [2.45, 2.75) is 18.6 Å².